The highest BCUT2D eigenvalue weighted by Gasteiger charge is 2.41. The topological polar surface area (TPSA) is 52.6 Å². The Kier molecular flexibility index (Phi) is 4.90. The number of nitrogens with one attached hydrogen (secondary N) is 1. The highest BCUT2D eigenvalue weighted by Crippen LogP contribution is 2.33. The summed E-state index contributed by atoms with van der Waals surface area (Å²) in [6, 6.07) is -0.367. The summed E-state index contributed by atoms with van der Waals surface area (Å²) >= 11 is 0. The Balaban J connectivity index is 1.78. The molecule has 7 heteroatoms. The van der Waals surface area contributed by atoms with Crippen LogP contribution in [0.4, 0.5) is 13.2 Å². The number of hydrogen-bond donors (Lipinski definition) is 2. The van der Waals surface area contributed by atoms with E-state index in [4.69, 9.17) is 5.11 Å². The van der Waals surface area contributed by atoms with Gasteiger partial charge in [-0.2, -0.15) is 13.2 Å². The molecule has 1 saturated carbocycles. The van der Waals surface area contributed by atoms with E-state index < -0.39 is 24.1 Å². The molecule has 0 aromatic carbocycles. The Morgan fingerprint density at radius 2 is 2.05 bits per heavy atom. The largest absolute Gasteiger partial charge is 0.480 e. The van der Waals surface area contributed by atoms with Crippen LogP contribution in [0.5, 0.6) is 0 Å². The van der Waals surface area contributed by atoms with Gasteiger partial charge >= 0.3 is 12.1 Å². The Labute approximate surface area is 116 Å². The molecule has 2 aliphatic rings. The van der Waals surface area contributed by atoms with Gasteiger partial charge < -0.3 is 15.3 Å². The van der Waals surface area contributed by atoms with Crippen molar-refractivity contribution in [3.05, 3.63) is 0 Å². The lowest BCUT2D eigenvalue weighted by atomic mass is 9.97. The van der Waals surface area contributed by atoms with Gasteiger partial charge in [0.1, 0.15) is 6.04 Å². The van der Waals surface area contributed by atoms with Gasteiger partial charge in [-0.1, -0.05) is 0 Å². The molecule has 2 N–H and O–H groups in total. The summed E-state index contributed by atoms with van der Waals surface area (Å²) in [7, 11) is 0. The Morgan fingerprint density at radius 1 is 1.35 bits per heavy atom. The molecule has 1 aliphatic carbocycles. The Morgan fingerprint density at radius 3 is 2.60 bits per heavy atom. The monoisotopic (exact) mass is 294 g/mol. The fourth-order valence-electron chi connectivity index (χ4n) is 2.65. The lowest BCUT2D eigenvalue weighted by Crippen LogP contribution is -2.45. The van der Waals surface area contributed by atoms with E-state index in [2.05, 4.69) is 5.32 Å². The number of aliphatic carboxylic acids is 1. The van der Waals surface area contributed by atoms with Gasteiger partial charge in [-0.15, -0.1) is 0 Å². The molecule has 1 saturated heterocycles. The van der Waals surface area contributed by atoms with Crippen LogP contribution in [0.15, 0.2) is 0 Å². The number of carboxylic acids is 1. The summed E-state index contributed by atoms with van der Waals surface area (Å²) < 4.78 is 38.1. The molecule has 2 rings (SSSR count). The first-order valence-corrected chi connectivity index (χ1v) is 7.14. The number of rotatable bonds is 6. The Bertz CT molecular complexity index is 345. The maximum atomic E-state index is 12.7. The molecule has 0 amide bonds. The van der Waals surface area contributed by atoms with Crippen LogP contribution in [0.2, 0.25) is 0 Å². The first kappa shape index (κ1) is 15.6. The number of hydrogen-bond acceptors (Lipinski definition) is 3. The average Bonchev–Trinajstić information content (AvgIpc) is 3.17. The van der Waals surface area contributed by atoms with E-state index in [1.54, 1.807) is 4.90 Å². The molecular formula is C13H21F3N2O2. The van der Waals surface area contributed by atoms with E-state index >= 15 is 0 Å². The number of piperidine rings is 1. The van der Waals surface area contributed by atoms with Gasteiger partial charge in [-0.25, -0.2) is 0 Å². The lowest BCUT2D eigenvalue weighted by molar-refractivity contribution is -0.186. The van der Waals surface area contributed by atoms with Crippen LogP contribution >= 0.6 is 0 Å². The van der Waals surface area contributed by atoms with Crippen LogP contribution in [-0.2, 0) is 4.79 Å². The van der Waals surface area contributed by atoms with Crippen LogP contribution in [0.3, 0.4) is 0 Å². The normalized spacial score (nSPS) is 26.4. The predicted octanol–water partition coefficient (Wildman–Crippen LogP) is 1.86. The van der Waals surface area contributed by atoms with E-state index in [1.165, 1.54) is 0 Å². The van der Waals surface area contributed by atoms with Crippen molar-refractivity contribution < 1.29 is 23.1 Å². The molecule has 1 heterocycles. The first-order valence-electron chi connectivity index (χ1n) is 7.14. The molecule has 0 bridgehead atoms. The minimum absolute atomic E-state index is 0.000727. The van der Waals surface area contributed by atoms with Crippen LogP contribution in [0.1, 0.15) is 32.1 Å². The van der Waals surface area contributed by atoms with Crippen molar-refractivity contribution in [2.45, 2.75) is 50.4 Å². The zero-order valence-corrected chi connectivity index (χ0v) is 11.3. The number of nitrogens with zero attached hydrogens (tertiary/aromatic N) is 1. The highest BCUT2D eigenvalue weighted by atomic mass is 19.4. The SMILES string of the molecule is O=C(O)C(CCN1CCCC(C(F)(F)F)C1)NC1CC1. The molecule has 20 heavy (non-hydrogen) atoms. The first-order chi connectivity index (χ1) is 9.36. The third-order valence-corrected chi connectivity index (χ3v) is 4.01. The van der Waals surface area contributed by atoms with Gasteiger partial charge in [-0.05, 0) is 38.6 Å². The molecule has 116 valence electrons. The second-order valence-electron chi connectivity index (χ2n) is 5.80. The van der Waals surface area contributed by atoms with E-state index in [-0.39, 0.29) is 19.0 Å². The fourth-order valence-corrected chi connectivity index (χ4v) is 2.65. The van der Waals surface area contributed by atoms with Crippen molar-refractivity contribution in [2.24, 2.45) is 5.92 Å². The standard InChI is InChI=1S/C13H21F3N2O2/c14-13(15,16)9-2-1-6-18(8-9)7-5-11(12(19)20)17-10-3-4-10/h9-11,17H,1-8H2,(H,19,20). The third kappa shape index (κ3) is 4.63. The Hall–Kier alpha value is -0.820. The van der Waals surface area contributed by atoms with Crippen molar-refractivity contribution in [1.82, 2.24) is 10.2 Å². The highest BCUT2D eigenvalue weighted by molar-refractivity contribution is 5.73. The average molecular weight is 294 g/mol. The van der Waals surface area contributed by atoms with Crippen LogP contribution in [0.25, 0.3) is 0 Å². The summed E-state index contributed by atoms with van der Waals surface area (Å²) in [5.41, 5.74) is 0. The minimum atomic E-state index is -4.14. The van der Waals surface area contributed by atoms with Gasteiger partial charge in [0.05, 0.1) is 5.92 Å². The molecule has 0 aromatic rings. The summed E-state index contributed by atoms with van der Waals surface area (Å²) in [6.45, 7) is 1.03. The molecule has 2 unspecified atom stereocenters. The number of likely N-dealkylation sites (tertiary alicyclic amines) is 1. The molecule has 1 aliphatic heterocycles. The molecule has 2 atom stereocenters. The number of carboxylic acid groups (broad SMARTS) is 1. The predicted molar refractivity (Wildman–Crippen MR) is 67.4 cm³/mol. The second kappa shape index (κ2) is 6.30. The quantitative estimate of drug-likeness (QED) is 0.785. The zero-order valence-electron chi connectivity index (χ0n) is 11.3. The van der Waals surface area contributed by atoms with Crippen molar-refractivity contribution >= 4 is 5.97 Å². The lowest BCUT2D eigenvalue weighted by Gasteiger charge is -2.34. The van der Waals surface area contributed by atoms with Crippen LogP contribution < -0.4 is 5.32 Å². The molecule has 2 fully saturated rings. The number of halogens is 3. The van der Waals surface area contributed by atoms with Crippen molar-refractivity contribution in [2.75, 3.05) is 19.6 Å². The smallest absolute Gasteiger partial charge is 0.393 e. The maximum Gasteiger partial charge on any atom is 0.393 e. The minimum Gasteiger partial charge on any atom is -0.480 e. The molecule has 0 spiro atoms. The molecular weight excluding hydrogens is 273 g/mol. The molecule has 0 aromatic heterocycles. The van der Waals surface area contributed by atoms with Gasteiger partial charge in [0.25, 0.3) is 0 Å². The maximum absolute atomic E-state index is 12.7. The van der Waals surface area contributed by atoms with E-state index in [1.807, 2.05) is 0 Å². The zero-order chi connectivity index (χ0) is 14.8. The van der Waals surface area contributed by atoms with Crippen LogP contribution in [-0.4, -0.2) is 53.9 Å². The third-order valence-electron chi connectivity index (χ3n) is 4.01. The van der Waals surface area contributed by atoms with Gasteiger partial charge in [0.2, 0.25) is 0 Å². The number of carbonyl (C=O) groups is 1. The number of alkyl halides is 3. The van der Waals surface area contributed by atoms with Gasteiger partial charge in [0, 0.05) is 19.1 Å². The van der Waals surface area contributed by atoms with Crippen molar-refractivity contribution in [3.8, 4) is 0 Å². The van der Waals surface area contributed by atoms with E-state index in [0.29, 0.717) is 25.9 Å². The molecule has 0 radical (unpaired) electrons. The van der Waals surface area contributed by atoms with Gasteiger partial charge in [-0.3, -0.25) is 4.79 Å². The summed E-state index contributed by atoms with van der Waals surface area (Å²) in [5.74, 6) is -2.18. The summed E-state index contributed by atoms with van der Waals surface area (Å²) in [6.07, 6.45) is -1.10. The second-order valence-corrected chi connectivity index (χ2v) is 5.80. The van der Waals surface area contributed by atoms with Crippen molar-refractivity contribution in [1.29, 1.82) is 0 Å². The summed E-state index contributed by atoms with van der Waals surface area (Å²) in [4.78, 5) is 12.8. The van der Waals surface area contributed by atoms with E-state index in [9.17, 15) is 18.0 Å². The summed E-state index contributed by atoms with van der Waals surface area (Å²) in [5, 5.41) is 12.1. The van der Waals surface area contributed by atoms with Crippen molar-refractivity contribution in [3.63, 3.8) is 0 Å². The van der Waals surface area contributed by atoms with Crippen LogP contribution in [0, 0.1) is 5.92 Å². The van der Waals surface area contributed by atoms with Gasteiger partial charge in [0.15, 0.2) is 0 Å². The fraction of sp³-hybridized carbons (Fsp3) is 0.923. The molecule has 4 nitrogen and oxygen atoms in total. The van der Waals surface area contributed by atoms with E-state index in [0.717, 1.165) is 12.8 Å².